The average molecular weight is 309 g/mol. The average Bonchev–Trinajstić information content (AvgIpc) is 2.59. The van der Waals surface area contributed by atoms with Crippen LogP contribution in [-0.2, 0) is 0 Å². The van der Waals surface area contributed by atoms with Crippen LogP contribution in [0.15, 0.2) is 42.5 Å². The molecule has 1 aliphatic rings. The first kappa shape index (κ1) is 14.9. The van der Waals surface area contributed by atoms with Gasteiger partial charge >= 0.3 is 0 Å². The minimum atomic E-state index is -0.471. The number of rotatable bonds is 4. The molecule has 23 heavy (non-hydrogen) atoms. The fraction of sp³-hybridized carbons (Fsp3) is 0.235. The van der Waals surface area contributed by atoms with Crippen LogP contribution in [0.1, 0.15) is 23.5 Å². The zero-order chi connectivity index (χ0) is 16.2. The number of anilines is 1. The summed E-state index contributed by atoms with van der Waals surface area (Å²) < 4.78 is 5.63. The smallest absolute Gasteiger partial charge is 0.293 e. The van der Waals surface area contributed by atoms with E-state index in [2.05, 4.69) is 5.32 Å². The van der Waals surface area contributed by atoms with Gasteiger partial charge in [0.15, 0.2) is 0 Å². The van der Waals surface area contributed by atoms with Gasteiger partial charge in [0.25, 0.3) is 5.69 Å². The molecule has 1 atom stereocenters. The normalized spacial score (nSPS) is 15.9. The maximum Gasteiger partial charge on any atom is 0.293 e. The fourth-order valence-electron chi connectivity index (χ4n) is 2.76. The van der Waals surface area contributed by atoms with Crippen molar-refractivity contribution in [2.75, 3.05) is 18.5 Å². The summed E-state index contributed by atoms with van der Waals surface area (Å²) in [7, 11) is 0. The number of benzene rings is 2. The van der Waals surface area contributed by atoms with Crippen molar-refractivity contribution < 1.29 is 9.66 Å². The van der Waals surface area contributed by atoms with Gasteiger partial charge < -0.3 is 10.1 Å². The van der Waals surface area contributed by atoms with Crippen LogP contribution in [0.2, 0.25) is 0 Å². The van der Waals surface area contributed by atoms with E-state index in [0.717, 1.165) is 17.7 Å². The van der Waals surface area contributed by atoms with Crippen molar-refractivity contribution in [1.82, 2.24) is 0 Å². The van der Waals surface area contributed by atoms with Gasteiger partial charge in [0.1, 0.15) is 11.4 Å². The minimum Gasteiger partial charge on any atom is -0.493 e. The number of nitrogens with one attached hydrogen (secondary N) is 1. The monoisotopic (exact) mass is 309 g/mol. The molecule has 1 aliphatic heterocycles. The molecule has 6 heteroatoms. The third-order valence-electron chi connectivity index (χ3n) is 3.95. The molecule has 0 saturated carbocycles. The van der Waals surface area contributed by atoms with Crippen LogP contribution in [0.25, 0.3) is 0 Å². The quantitative estimate of drug-likeness (QED) is 0.690. The van der Waals surface area contributed by atoms with Crippen molar-refractivity contribution in [3.05, 3.63) is 63.7 Å². The first-order chi connectivity index (χ1) is 11.2. The lowest BCUT2D eigenvalue weighted by atomic mass is 9.93. The lowest BCUT2D eigenvalue weighted by Gasteiger charge is -2.26. The highest BCUT2D eigenvalue weighted by molar-refractivity contribution is 5.64. The van der Waals surface area contributed by atoms with Gasteiger partial charge in [-0.15, -0.1) is 0 Å². The van der Waals surface area contributed by atoms with E-state index in [1.54, 1.807) is 12.1 Å². The summed E-state index contributed by atoms with van der Waals surface area (Å²) in [5.74, 6) is 1.11. The number of hydrogen-bond acceptors (Lipinski definition) is 5. The largest absolute Gasteiger partial charge is 0.493 e. The SMILES string of the molecule is N#Cc1ccc(NCC2CCOc3ccccc32)c([N+](=O)[O-])c1. The number of hydrogen-bond donors (Lipinski definition) is 1. The highest BCUT2D eigenvalue weighted by atomic mass is 16.6. The minimum absolute atomic E-state index is 0.0793. The van der Waals surface area contributed by atoms with E-state index < -0.39 is 4.92 Å². The molecular weight excluding hydrogens is 294 g/mol. The van der Waals surface area contributed by atoms with Crippen LogP contribution >= 0.6 is 0 Å². The van der Waals surface area contributed by atoms with E-state index in [0.29, 0.717) is 18.8 Å². The number of nitriles is 1. The van der Waals surface area contributed by atoms with Crippen LogP contribution in [0.5, 0.6) is 5.75 Å². The Morgan fingerprint density at radius 2 is 2.17 bits per heavy atom. The van der Waals surface area contributed by atoms with E-state index in [-0.39, 0.29) is 17.2 Å². The van der Waals surface area contributed by atoms with Gasteiger partial charge in [0.05, 0.1) is 23.2 Å². The van der Waals surface area contributed by atoms with Crippen molar-refractivity contribution in [2.24, 2.45) is 0 Å². The molecule has 0 saturated heterocycles. The van der Waals surface area contributed by atoms with Crippen molar-refractivity contribution in [1.29, 1.82) is 5.26 Å². The van der Waals surface area contributed by atoms with Gasteiger partial charge in [-0.25, -0.2) is 0 Å². The summed E-state index contributed by atoms with van der Waals surface area (Å²) in [6, 6.07) is 14.2. The number of fused-ring (bicyclic) bond motifs is 1. The Labute approximate surface area is 133 Å². The van der Waals surface area contributed by atoms with Crippen molar-refractivity contribution in [3.8, 4) is 11.8 Å². The predicted molar refractivity (Wildman–Crippen MR) is 85.6 cm³/mol. The Morgan fingerprint density at radius 3 is 2.96 bits per heavy atom. The Hall–Kier alpha value is -3.07. The molecule has 0 aliphatic carbocycles. The molecule has 1 unspecified atom stereocenters. The van der Waals surface area contributed by atoms with E-state index in [1.807, 2.05) is 30.3 Å². The van der Waals surface area contributed by atoms with Gasteiger partial charge in [-0.2, -0.15) is 5.26 Å². The van der Waals surface area contributed by atoms with Crippen LogP contribution < -0.4 is 10.1 Å². The van der Waals surface area contributed by atoms with Crippen LogP contribution in [-0.4, -0.2) is 18.1 Å². The fourth-order valence-corrected chi connectivity index (χ4v) is 2.76. The molecule has 2 aromatic rings. The third kappa shape index (κ3) is 3.09. The Kier molecular flexibility index (Phi) is 4.11. The molecule has 0 amide bonds. The molecule has 0 bridgehead atoms. The Morgan fingerprint density at radius 1 is 1.35 bits per heavy atom. The standard InChI is InChI=1S/C17H15N3O3/c18-10-12-5-6-15(16(9-12)20(21)22)19-11-13-7-8-23-17-4-2-1-3-14(13)17/h1-6,9,13,19H,7-8,11H2. The summed E-state index contributed by atoms with van der Waals surface area (Å²) in [5, 5.41) is 23.2. The number of ether oxygens (including phenoxy) is 1. The molecule has 1 N–H and O–H groups in total. The molecule has 0 radical (unpaired) electrons. The van der Waals surface area contributed by atoms with Crippen molar-refractivity contribution in [3.63, 3.8) is 0 Å². The molecule has 0 aromatic heterocycles. The van der Waals surface area contributed by atoms with E-state index in [4.69, 9.17) is 10.00 Å². The first-order valence-corrected chi connectivity index (χ1v) is 7.33. The maximum absolute atomic E-state index is 11.2. The molecule has 0 spiro atoms. The lowest BCUT2D eigenvalue weighted by Crippen LogP contribution is -2.21. The summed E-state index contributed by atoms with van der Waals surface area (Å²) in [6.45, 7) is 1.21. The van der Waals surface area contributed by atoms with E-state index in [9.17, 15) is 10.1 Å². The summed E-state index contributed by atoms with van der Waals surface area (Å²) in [6.07, 6.45) is 0.855. The highest BCUT2D eigenvalue weighted by Gasteiger charge is 2.22. The van der Waals surface area contributed by atoms with Crippen LogP contribution in [0.4, 0.5) is 11.4 Å². The summed E-state index contributed by atoms with van der Waals surface area (Å²) in [5.41, 5.74) is 1.74. The molecule has 0 fully saturated rings. The Balaban J connectivity index is 1.80. The summed E-state index contributed by atoms with van der Waals surface area (Å²) >= 11 is 0. The number of nitro groups is 1. The molecule has 6 nitrogen and oxygen atoms in total. The maximum atomic E-state index is 11.2. The topological polar surface area (TPSA) is 88.2 Å². The lowest BCUT2D eigenvalue weighted by molar-refractivity contribution is -0.384. The molecule has 1 heterocycles. The van der Waals surface area contributed by atoms with Crippen molar-refractivity contribution in [2.45, 2.75) is 12.3 Å². The van der Waals surface area contributed by atoms with Gasteiger partial charge in [0.2, 0.25) is 0 Å². The van der Waals surface area contributed by atoms with E-state index in [1.165, 1.54) is 6.07 Å². The molecule has 3 rings (SSSR count). The van der Waals surface area contributed by atoms with Gasteiger partial charge in [-0.3, -0.25) is 10.1 Å². The second-order valence-corrected chi connectivity index (χ2v) is 5.35. The van der Waals surface area contributed by atoms with Gasteiger partial charge in [-0.1, -0.05) is 18.2 Å². The Bertz CT molecular complexity index is 783. The zero-order valence-corrected chi connectivity index (χ0v) is 12.4. The highest BCUT2D eigenvalue weighted by Crippen LogP contribution is 2.34. The zero-order valence-electron chi connectivity index (χ0n) is 12.4. The first-order valence-electron chi connectivity index (χ1n) is 7.33. The number of nitro benzene ring substituents is 1. The second kappa shape index (κ2) is 6.36. The number of para-hydroxylation sites is 1. The van der Waals surface area contributed by atoms with Gasteiger partial charge in [-0.05, 0) is 30.2 Å². The van der Waals surface area contributed by atoms with Crippen LogP contribution in [0, 0.1) is 21.4 Å². The van der Waals surface area contributed by atoms with E-state index >= 15 is 0 Å². The van der Waals surface area contributed by atoms with Crippen molar-refractivity contribution >= 4 is 11.4 Å². The second-order valence-electron chi connectivity index (χ2n) is 5.35. The van der Waals surface area contributed by atoms with Gasteiger partial charge in [0, 0.05) is 18.5 Å². The predicted octanol–water partition coefficient (Wildman–Crippen LogP) is 3.44. The molecular formula is C17H15N3O3. The molecule has 116 valence electrons. The summed E-state index contributed by atoms with van der Waals surface area (Å²) in [4.78, 5) is 10.7. The third-order valence-corrected chi connectivity index (χ3v) is 3.95. The van der Waals surface area contributed by atoms with Crippen LogP contribution in [0.3, 0.4) is 0 Å². The molecule has 2 aromatic carbocycles. The number of nitrogens with zero attached hydrogens (tertiary/aromatic N) is 2.